The van der Waals surface area contributed by atoms with E-state index in [2.05, 4.69) is 5.16 Å². The molecule has 1 aromatic heterocycles. The molecule has 0 saturated heterocycles. The molecule has 0 amide bonds. The standard InChI is InChI=1S/C21H24N2O4S/c1-4-14-23(18-8-6-5-7-9-18)28(24,25)20-12-10-19(11-13-20)26-15-21-16(2)22-27-17(21)3/h5-13H,4,14-15H2,1-3H3. The summed E-state index contributed by atoms with van der Waals surface area (Å²) in [7, 11) is -3.65. The highest BCUT2D eigenvalue weighted by Crippen LogP contribution is 2.26. The van der Waals surface area contributed by atoms with Gasteiger partial charge in [0.05, 0.1) is 21.8 Å². The first-order valence-corrected chi connectivity index (χ1v) is 10.6. The number of sulfonamides is 1. The largest absolute Gasteiger partial charge is 0.489 e. The van der Waals surface area contributed by atoms with Crippen molar-refractivity contribution >= 4 is 15.7 Å². The predicted octanol–water partition coefficient (Wildman–Crippen LogP) is 4.48. The quantitative estimate of drug-likeness (QED) is 0.558. The Bertz CT molecular complexity index is 993. The minimum absolute atomic E-state index is 0.231. The molecule has 0 atom stereocenters. The molecule has 0 aliphatic carbocycles. The summed E-state index contributed by atoms with van der Waals surface area (Å²) in [6.45, 7) is 6.38. The smallest absolute Gasteiger partial charge is 0.264 e. The van der Waals surface area contributed by atoms with Crippen molar-refractivity contribution in [1.29, 1.82) is 0 Å². The number of para-hydroxylation sites is 1. The van der Waals surface area contributed by atoms with Crippen LogP contribution in [0.3, 0.4) is 0 Å². The zero-order valence-corrected chi connectivity index (χ0v) is 17.1. The number of benzene rings is 2. The summed E-state index contributed by atoms with van der Waals surface area (Å²) in [6, 6.07) is 15.6. The third-order valence-corrected chi connectivity index (χ3v) is 6.29. The average Bonchev–Trinajstić information content (AvgIpc) is 3.03. The van der Waals surface area contributed by atoms with Crippen molar-refractivity contribution in [2.24, 2.45) is 0 Å². The van der Waals surface area contributed by atoms with E-state index in [4.69, 9.17) is 9.26 Å². The van der Waals surface area contributed by atoms with Crippen LogP contribution in [0.25, 0.3) is 0 Å². The molecule has 3 aromatic rings. The van der Waals surface area contributed by atoms with Gasteiger partial charge in [0.2, 0.25) is 0 Å². The highest BCUT2D eigenvalue weighted by molar-refractivity contribution is 7.92. The topological polar surface area (TPSA) is 72.6 Å². The third kappa shape index (κ3) is 4.20. The Morgan fingerprint density at radius 2 is 1.71 bits per heavy atom. The summed E-state index contributed by atoms with van der Waals surface area (Å²) >= 11 is 0. The van der Waals surface area contributed by atoms with Crippen molar-refractivity contribution in [1.82, 2.24) is 5.16 Å². The van der Waals surface area contributed by atoms with Gasteiger partial charge >= 0.3 is 0 Å². The second-order valence-electron chi connectivity index (χ2n) is 6.48. The van der Waals surface area contributed by atoms with Gasteiger partial charge < -0.3 is 9.26 Å². The van der Waals surface area contributed by atoms with E-state index in [-0.39, 0.29) is 4.90 Å². The Labute approximate surface area is 165 Å². The monoisotopic (exact) mass is 400 g/mol. The van der Waals surface area contributed by atoms with Crippen LogP contribution in [-0.4, -0.2) is 20.1 Å². The highest BCUT2D eigenvalue weighted by atomic mass is 32.2. The van der Waals surface area contributed by atoms with Crippen LogP contribution in [-0.2, 0) is 16.6 Å². The fraction of sp³-hybridized carbons (Fsp3) is 0.286. The summed E-state index contributed by atoms with van der Waals surface area (Å²) in [5.74, 6) is 1.30. The van der Waals surface area contributed by atoms with Crippen LogP contribution in [0.4, 0.5) is 5.69 Å². The summed E-state index contributed by atoms with van der Waals surface area (Å²) in [5.41, 5.74) is 2.34. The van der Waals surface area contributed by atoms with E-state index in [1.807, 2.05) is 39.0 Å². The van der Waals surface area contributed by atoms with Crippen molar-refractivity contribution < 1.29 is 17.7 Å². The van der Waals surface area contributed by atoms with Crippen LogP contribution in [0.5, 0.6) is 5.75 Å². The maximum absolute atomic E-state index is 13.1. The molecule has 0 fully saturated rings. The highest BCUT2D eigenvalue weighted by Gasteiger charge is 2.24. The van der Waals surface area contributed by atoms with Crippen molar-refractivity contribution in [2.75, 3.05) is 10.8 Å². The number of ether oxygens (including phenoxy) is 1. The summed E-state index contributed by atoms with van der Waals surface area (Å²) < 4.78 is 38.6. The van der Waals surface area contributed by atoms with E-state index in [1.54, 1.807) is 36.4 Å². The van der Waals surface area contributed by atoms with Crippen molar-refractivity contribution in [2.45, 2.75) is 38.7 Å². The minimum Gasteiger partial charge on any atom is -0.489 e. The van der Waals surface area contributed by atoms with Gasteiger partial charge in [-0.15, -0.1) is 0 Å². The fourth-order valence-corrected chi connectivity index (χ4v) is 4.44. The van der Waals surface area contributed by atoms with Gasteiger partial charge in [-0.2, -0.15) is 0 Å². The zero-order valence-electron chi connectivity index (χ0n) is 16.3. The Morgan fingerprint density at radius 3 is 2.29 bits per heavy atom. The minimum atomic E-state index is -3.65. The molecule has 0 aliphatic heterocycles. The van der Waals surface area contributed by atoms with Crippen molar-refractivity contribution in [3.05, 3.63) is 71.6 Å². The van der Waals surface area contributed by atoms with Gasteiger partial charge in [0.15, 0.2) is 0 Å². The van der Waals surface area contributed by atoms with Gasteiger partial charge in [-0.3, -0.25) is 4.31 Å². The lowest BCUT2D eigenvalue weighted by Gasteiger charge is -2.24. The summed E-state index contributed by atoms with van der Waals surface area (Å²) in [6.07, 6.45) is 0.715. The molecule has 0 saturated carbocycles. The number of rotatable bonds is 8. The molecule has 0 unspecified atom stereocenters. The van der Waals surface area contributed by atoms with Crippen LogP contribution in [0, 0.1) is 13.8 Å². The van der Waals surface area contributed by atoms with Crippen LogP contribution in [0.1, 0.15) is 30.4 Å². The summed E-state index contributed by atoms with van der Waals surface area (Å²) in [4.78, 5) is 0.231. The van der Waals surface area contributed by atoms with Crippen molar-refractivity contribution in [3.63, 3.8) is 0 Å². The Balaban J connectivity index is 1.79. The van der Waals surface area contributed by atoms with E-state index in [0.717, 1.165) is 17.0 Å². The maximum atomic E-state index is 13.1. The first-order valence-electron chi connectivity index (χ1n) is 9.16. The molecule has 0 aliphatic rings. The molecule has 3 rings (SSSR count). The lowest BCUT2D eigenvalue weighted by molar-refractivity contribution is 0.301. The molecule has 148 valence electrons. The average molecular weight is 401 g/mol. The fourth-order valence-electron chi connectivity index (χ4n) is 2.88. The van der Waals surface area contributed by atoms with Crippen LogP contribution >= 0.6 is 0 Å². The first-order chi connectivity index (χ1) is 13.4. The Hall–Kier alpha value is -2.80. The second-order valence-corrected chi connectivity index (χ2v) is 8.34. The van der Waals surface area contributed by atoms with Gasteiger partial charge in [0.1, 0.15) is 18.1 Å². The molecule has 7 heteroatoms. The number of aryl methyl sites for hydroxylation is 2. The van der Waals surface area contributed by atoms with Gasteiger partial charge in [0.25, 0.3) is 10.0 Å². The van der Waals surface area contributed by atoms with Crippen LogP contribution in [0.2, 0.25) is 0 Å². The molecule has 2 aromatic carbocycles. The third-order valence-electron chi connectivity index (χ3n) is 4.45. The van der Waals surface area contributed by atoms with E-state index >= 15 is 0 Å². The van der Waals surface area contributed by atoms with Crippen LogP contribution in [0.15, 0.2) is 64.0 Å². The molecule has 0 spiro atoms. The van der Waals surface area contributed by atoms with Gasteiger partial charge in [0, 0.05) is 6.54 Å². The molecule has 6 nitrogen and oxygen atoms in total. The predicted molar refractivity (Wildman–Crippen MR) is 108 cm³/mol. The van der Waals surface area contributed by atoms with Gasteiger partial charge in [-0.05, 0) is 56.7 Å². The summed E-state index contributed by atoms with van der Waals surface area (Å²) in [5, 5.41) is 3.90. The molecular weight excluding hydrogens is 376 g/mol. The van der Waals surface area contributed by atoms with Gasteiger partial charge in [-0.1, -0.05) is 30.3 Å². The van der Waals surface area contributed by atoms with Gasteiger partial charge in [-0.25, -0.2) is 8.42 Å². The number of hydrogen-bond donors (Lipinski definition) is 0. The normalized spacial score (nSPS) is 11.4. The SMILES string of the molecule is CCCN(c1ccccc1)S(=O)(=O)c1ccc(OCc2c(C)noc2C)cc1. The lowest BCUT2D eigenvalue weighted by Crippen LogP contribution is -2.31. The molecule has 0 bridgehead atoms. The molecular formula is C21H24N2O4S. The van der Waals surface area contributed by atoms with Crippen LogP contribution < -0.4 is 9.04 Å². The zero-order chi connectivity index (χ0) is 20.1. The van der Waals surface area contributed by atoms with E-state index < -0.39 is 10.0 Å². The number of hydrogen-bond acceptors (Lipinski definition) is 5. The van der Waals surface area contributed by atoms with E-state index in [9.17, 15) is 8.42 Å². The lowest BCUT2D eigenvalue weighted by atomic mass is 10.2. The number of aromatic nitrogens is 1. The van der Waals surface area contributed by atoms with E-state index in [0.29, 0.717) is 31.0 Å². The van der Waals surface area contributed by atoms with E-state index in [1.165, 1.54) is 4.31 Å². The maximum Gasteiger partial charge on any atom is 0.264 e. The molecule has 0 N–H and O–H groups in total. The Morgan fingerprint density at radius 1 is 1.04 bits per heavy atom. The second kappa shape index (κ2) is 8.48. The molecule has 28 heavy (non-hydrogen) atoms. The number of nitrogens with zero attached hydrogens (tertiary/aromatic N) is 2. The molecule has 0 radical (unpaired) electrons. The molecule has 1 heterocycles. The number of anilines is 1. The Kier molecular flexibility index (Phi) is 6.04. The van der Waals surface area contributed by atoms with Crippen molar-refractivity contribution in [3.8, 4) is 5.75 Å². The first kappa shape index (κ1) is 19.9.